The molecule has 1 heterocycles. The molecule has 0 aliphatic carbocycles. The van der Waals surface area contributed by atoms with E-state index < -0.39 is 30.0 Å². The van der Waals surface area contributed by atoms with E-state index >= 15 is 4.39 Å². The Labute approximate surface area is 222 Å². The second-order valence-electron chi connectivity index (χ2n) is 8.60. The van der Waals surface area contributed by atoms with Crippen molar-refractivity contribution in [3.05, 3.63) is 89.4 Å². The average Bonchev–Trinajstić information content (AvgIpc) is 2.90. The second-order valence-corrected chi connectivity index (χ2v) is 8.60. The van der Waals surface area contributed by atoms with Crippen molar-refractivity contribution in [2.45, 2.75) is 32.4 Å². The van der Waals surface area contributed by atoms with Crippen molar-refractivity contribution in [2.75, 3.05) is 19.8 Å². The Hall–Kier alpha value is -3.73. The molecule has 2 N–H and O–H groups in total. The molecule has 0 aliphatic heterocycles. The summed E-state index contributed by atoms with van der Waals surface area (Å²) < 4.78 is 71.0. The van der Waals surface area contributed by atoms with E-state index in [1.165, 1.54) is 24.4 Å². The van der Waals surface area contributed by atoms with Crippen molar-refractivity contribution in [1.82, 2.24) is 4.98 Å². The van der Waals surface area contributed by atoms with Gasteiger partial charge in [-0.3, -0.25) is 4.98 Å². The number of aromatic nitrogens is 1. The number of rotatable bonds is 10. The number of alkyl halides is 3. The molecule has 0 amide bonds. The number of phenolic OH excluding ortho intramolecular Hbond substituents is 1. The molecule has 0 aliphatic rings. The Morgan fingerprint density at radius 1 is 0.897 bits per heavy atom. The highest BCUT2D eigenvalue weighted by atomic mass is 19.4. The van der Waals surface area contributed by atoms with Gasteiger partial charge in [0, 0.05) is 47.6 Å². The highest BCUT2D eigenvalue weighted by Gasteiger charge is 2.32. The van der Waals surface area contributed by atoms with Crippen molar-refractivity contribution in [3.8, 4) is 22.6 Å². The minimum atomic E-state index is -4.71. The normalized spacial score (nSPS) is 12.7. The summed E-state index contributed by atoms with van der Waals surface area (Å²) in [5.41, 5.74) is -0.211. The lowest BCUT2D eigenvalue weighted by molar-refractivity contribution is -0.152. The molecule has 0 saturated carbocycles. The van der Waals surface area contributed by atoms with Gasteiger partial charge in [0.2, 0.25) is 0 Å². The molecule has 3 aromatic carbocycles. The van der Waals surface area contributed by atoms with Crippen LogP contribution in [0.25, 0.3) is 22.0 Å². The summed E-state index contributed by atoms with van der Waals surface area (Å²) >= 11 is 0. The first-order valence-electron chi connectivity index (χ1n) is 12.2. The lowest BCUT2D eigenvalue weighted by Gasteiger charge is -2.20. The number of fused-ring (bicyclic) bond motifs is 1. The number of pyridine rings is 1. The fourth-order valence-electron chi connectivity index (χ4n) is 4.22. The maximum absolute atomic E-state index is 15.0. The standard InChI is InChI=1S/C29H27F4NO5/c1-3-37-26(38-4-2)16-39-20-9-5-17(6-10-20)28(36)27-22-12-8-19(35)14-25(22)34-15-23(27)21-11-7-18(13-24(21)30)29(31,32)33/h5-15,26,28,35-36H,3-4,16H2,1-2H3. The zero-order chi connectivity index (χ0) is 28.2. The van der Waals surface area contributed by atoms with E-state index in [1.54, 1.807) is 24.3 Å². The highest BCUT2D eigenvalue weighted by Crippen LogP contribution is 2.40. The Bertz CT molecular complexity index is 1420. The Morgan fingerprint density at radius 2 is 1.59 bits per heavy atom. The zero-order valence-corrected chi connectivity index (χ0v) is 21.2. The first-order chi connectivity index (χ1) is 18.6. The number of hydrogen-bond acceptors (Lipinski definition) is 6. The highest BCUT2D eigenvalue weighted by molar-refractivity contribution is 5.90. The molecule has 1 atom stereocenters. The monoisotopic (exact) mass is 545 g/mol. The van der Waals surface area contributed by atoms with Crippen LogP contribution in [0.2, 0.25) is 0 Å². The molecule has 0 radical (unpaired) electrons. The summed E-state index contributed by atoms with van der Waals surface area (Å²) in [6, 6.07) is 13.0. The van der Waals surface area contributed by atoms with Gasteiger partial charge >= 0.3 is 6.18 Å². The largest absolute Gasteiger partial charge is 0.508 e. The molecule has 1 aromatic heterocycles. The number of ether oxygens (including phenoxy) is 3. The van der Waals surface area contributed by atoms with E-state index in [-0.39, 0.29) is 29.0 Å². The molecule has 0 saturated heterocycles. The molecule has 0 fully saturated rings. The minimum absolute atomic E-state index is 0.0668. The minimum Gasteiger partial charge on any atom is -0.508 e. The first kappa shape index (κ1) is 28.3. The van der Waals surface area contributed by atoms with Gasteiger partial charge in [-0.1, -0.05) is 18.2 Å². The number of benzene rings is 3. The molecule has 10 heteroatoms. The molecule has 1 unspecified atom stereocenters. The van der Waals surface area contributed by atoms with Crippen LogP contribution in [0.4, 0.5) is 17.6 Å². The number of hydrogen-bond donors (Lipinski definition) is 2. The summed E-state index contributed by atoms with van der Waals surface area (Å²) in [6.07, 6.45) is -5.29. The zero-order valence-electron chi connectivity index (χ0n) is 21.2. The smallest absolute Gasteiger partial charge is 0.416 e. The van der Waals surface area contributed by atoms with Gasteiger partial charge in [0.05, 0.1) is 11.1 Å². The van der Waals surface area contributed by atoms with Crippen molar-refractivity contribution >= 4 is 10.9 Å². The quantitative estimate of drug-likeness (QED) is 0.172. The van der Waals surface area contributed by atoms with Crippen LogP contribution in [-0.4, -0.2) is 41.3 Å². The van der Waals surface area contributed by atoms with E-state index in [4.69, 9.17) is 14.2 Å². The molecule has 206 valence electrons. The first-order valence-corrected chi connectivity index (χ1v) is 12.2. The molecule has 0 bridgehead atoms. The fraction of sp³-hybridized carbons (Fsp3) is 0.276. The van der Waals surface area contributed by atoms with Crippen LogP contribution in [0.5, 0.6) is 11.5 Å². The average molecular weight is 546 g/mol. The van der Waals surface area contributed by atoms with E-state index in [2.05, 4.69) is 4.98 Å². The van der Waals surface area contributed by atoms with Crippen LogP contribution in [0, 0.1) is 5.82 Å². The predicted molar refractivity (Wildman–Crippen MR) is 137 cm³/mol. The van der Waals surface area contributed by atoms with Crippen molar-refractivity contribution < 1.29 is 42.0 Å². The summed E-state index contributed by atoms with van der Waals surface area (Å²) in [7, 11) is 0. The van der Waals surface area contributed by atoms with Gasteiger partial charge in [-0.05, 0) is 55.8 Å². The molecule has 6 nitrogen and oxygen atoms in total. The van der Waals surface area contributed by atoms with Gasteiger partial charge < -0.3 is 24.4 Å². The van der Waals surface area contributed by atoms with Gasteiger partial charge in [-0.2, -0.15) is 13.2 Å². The van der Waals surface area contributed by atoms with Crippen LogP contribution in [0.15, 0.2) is 66.9 Å². The molecule has 0 spiro atoms. The van der Waals surface area contributed by atoms with E-state index in [9.17, 15) is 23.4 Å². The third kappa shape index (κ3) is 6.47. The Morgan fingerprint density at radius 3 is 2.21 bits per heavy atom. The van der Waals surface area contributed by atoms with E-state index in [1.807, 2.05) is 13.8 Å². The molecular formula is C29H27F4NO5. The third-order valence-corrected chi connectivity index (χ3v) is 6.04. The van der Waals surface area contributed by atoms with E-state index in [0.29, 0.717) is 41.5 Å². The summed E-state index contributed by atoms with van der Waals surface area (Å²) in [4.78, 5) is 4.25. The number of aliphatic hydroxyl groups is 1. The van der Waals surface area contributed by atoms with Crippen LogP contribution in [0.1, 0.15) is 36.6 Å². The lowest BCUT2D eigenvalue weighted by Crippen LogP contribution is -2.25. The van der Waals surface area contributed by atoms with Crippen LogP contribution in [-0.2, 0) is 15.7 Å². The topological polar surface area (TPSA) is 81.0 Å². The fourth-order valence-corrected chi connectivity index (χ4v) is 4.22. The summed E-state index contributed by atoms with van der Waals surface area (Å²) in [5, 5.41) is 21.7. The van der Waals surface area contributed by atoms with Gasteiger partial charge in [0.25, 0.3) is 0 Å². The number of halogens is 4. The maximum atomic E-state index is 15.0. The molecule has 4 rings (SSSR count). The molecule has 4 aromatic rings. The van der Waals surface area contributed by atoms with Gasteiger partial charge in [0.15, 0.2) is 6.29 Å². The van der Waals surface area contributed by atoms with Gasteiger partial charge in [-0.15, -0.1) is 0 Å². The second kappa shape index (κ2) is 12.0. The Kier molecular flexibility index (Phi) is 8.69. The third-order valence-electron chi connectivity index (χ3n) is 6.04. The summed E-state index contributed by atoms with van der Waals surface area (Å²) in [5.74, 6) is -0.684. The van der Waals surface area contributed by atoms with Crippen LogP contribution in [0.3, 0.4) is 0 Å². The molecular weight excluding hydrogens is 518 g/mol. The van der Waals surface area contributed by atoms with Crippen LogP contribution < -0.4 is 4.74 Å². The van der Waals surface area contributed by atoms with Crippen molar-refractivity contribution in [3.63, 3.8) is 0 Å². The van der Waals surface area contributed by atoms with Gasteiger partial charge in [0.1, 0.15) is 30.0 Å². The van der Waals surface area contributed by atoms with Crippen molar-refractivity contribution in [1.29, 1.82) is 0 Å². The lowest BCUT2D eigenvalue weighted by atomic mass is 9.90. The number of phenols is 1. The maximum Gasteiger partial charge on any atom is 0.416 e. The van der Waals surface area contributed by atoms with E-state index in [0.717, 1.165) is 12.1 Å². The van der Waals surface area contributed by atoms with Crippen LogP contribution >= 0.6 is 0 Å². The summed E-state index contributed by atoms with van der Waals surface area (Å²) in [6.45, 7) is 4.76. The SMILES string of the molecule is CCOC(COc1ccc(C(O)c2c(-c3ccc(C(F)(F)F)cc3F)cnc3cc(O)ccc23)cc1)OCC. The number of nitrogens with zero attached hydrogens (tertiary/aromatic N) is 1. The number of aliphatic hydroxyl groups excluding tert-OH is 1. The Balaban J connectivity index is 1.72. The number of aromatic hydroxyl groups is 1. The molecule has 39 heavy (non-hydrogen) atoms. The van der Waals surface area contributed by atoms with Gasteiger partial charge in [-0.25, -0.2) is 4.39 Å². The van der Waals surface area contributed by atoms with Crippen molar-refractivity contribution in [2.24, 2.45) is 0 Å². The predicted octanol–water partition coefficient (Wildman–Crippen LogP) is 6.62.